The number of hydrogen-bond donors (Lipinski definition) is 2. The fraction of sp³-hybridized carbons (Fsp3) is 0.452. The number of amides is 3. The van der Waals surface area contributed by atoms with Gasteiger partial charge in [0.1, 0.15) is 17.4 Å². The van der Waals surface area contributed by atoms with Crippen molar-refractivity contribution in [3.8, 4) is 5.75 Å². The number of likely N-dealkylation sites (tertiary alicyclic amines) is 1. The fourth-order valence-electron chi connectivity index (χ4n) is 6.77. The first-order chi connectivity index (χ1) is 19.0. The van der Waals surface area contributed by atoms with E-state index in [4.69, 9.17) is 9.47 Å². The molecule has 0 aromatic heterocycles. The predicted octanol–water partition coefficient (Wildman–Crippen LogP) is 3.82. The molecule has 1 aliphatic carbocycles. The molecular formula is C31H35N3O5. The third-order valence-corrected chi connectivity index (χ3v) is 8.51. The van der Waals surface area contributed by atoms with Crippen LogP contribution in [0.1, 0.15) is 44.6 Å². The van der Waals surface area contributed by atoms with E-state index < -0.39 is 29.6 Å². The molecule has 2 bridgehead atoms. The Hall–Kier alpha value is -3.65. The van der Waals surface area contributed by atoms with Crippen LogP contribution in [-0.4, -0.2) is 53.0 Å². The normalized spacial score (nSPS) is 29.4. The Bertz CT molecular complexity index is 1260. The van der Waals surface area contributed by atoms with Gasteiger partial charge in [0.2, 0.25) is 17.7 Å². The van der Waals surface area contributed by atoms with Gasteiger partial charge in [0.05, 0.1) is 24.5 Å². The summed E-state index contributed by atoms with van der Waals surface area (Å²) in [6.45, 7) is 2.74. The zero-order valence-electron chi connectivity index (χ0n) is 22.2. The number of nitrogens with zero attached hydrogens (tertiary/aromatic N) is 1. The molecule has 2 aromatic carbocycles. The molecule has 1 spiro atoms. The molecule has 5 atom stereocenters. The highest BCUT2D eigenvalue weighted by molar-refractivity contribution is 6.02. The Morgan fingerprint density at radius 2 is 1.77 bits per heavy atom. The van der Waals surface area contributed by atoms with Gasteiger partial charge < -0.3 is 25.0 Å². The van der Waals surface area contributed by atoms with Gasteiger partial charge in [-0.2, -0.15) is 0 Å². The number of nitrogens with one attached hydrogen (secondary N) is 2. The van der Waals surface area contributed by atoms with Gasteiger partial charge in [0.25, 0.3) is 0 Å². The van der Waals surface area contributed by atoms with E-state index in [1.807, 2.05) is 49.4 Å². The number of fused-ring (bicyclic) bond motifs is 1. The van der Waals surface area contributed by atoms with Crippen LogP contribution in [0.4, 0.5) is 5.69 Å². The van der Waals surface area contributed by atoms with Crippen LogP contribution in [0.15, 0.2) is 66.7 Å². The molecule has 4 aliphatic rings. The SMILES string of the molecule is CCOc1ccc(NC(=O)[C@@H]2[C@@H]3C=C[C@]4(O3)[C@@H]2C(=O)N(Cc2ccccc2)[C@@H]4C(=O)NC2CCCCC2)cc1. The van der Waals surface area contributed by atoms with Crippen LogP contribution in [0.5, 0.6) is 5.75 Å². The number of hydrogen-bond acceptors (Lipinski definition) is 5. The molecule has 3 fully saturated rings. The summed E-state index contributed by atoms with van der Waals surface area (Å²) in [7, 11) is 0. The Morgan fingerprint density at radius 3 is 2.49 bits per heavy atom. The molecule has 3 heterocycles. The van der Waals surface area contributed by atoms with E-state index >= 15 is 0 Å². The van der Waals surface area contributed by atoms with Crippen molar-refractivity contribution in [3.63, 3.8) is 0 Å². The van der Waals surface area contributed by atoms with Crippen LogP contribution < -0.4 is 15.4 Å². The summed E-state index contributed by atoms with van der Waals surface area (Å²) in [5.74, 6) is -1.51. The molecule has 0 unspecified atom stereocenters. The van der Waals surface area contributed by atoms with Crippen molar-refractivity contribution >= 4 is 23.4 Å². The molecule has 6 rings (SSSR count). The van der Waals surface area contributed by atoms with Gasteiger partial charge in [0.15, 0.2) is 0 Å². The van der Waals surface area contributed by atoms with E-state index in [0.29, 0.717) is 12.3 Å². The average Bonchev–Trinajstić information content (AvgIpc) is 3.59. The second kappa shape index (κ2) is 10.5. The topological polar surface area (TPSA) is 97.0 Å². The van der Waals surface area contributed by atoms with Gasteiger partial charge in [-0.05, 0) is 49.6 Å². The van der Waals surface area contributed by atoms with Gasteiger partial charge in [-0.25, -0.2) is 0 Å². The quantitative estimate of drug-likeness (QED) is 0.507. The van der Waals surface area contributed by atoms with E-state index in [1.54, 1.807) is 29.2 Å². The number of ether oxygens (including phenoxy) is 2. The van der Waals surface area contributed by atoms with E-state index in [9.17, 15) is 14.4 Å². The molecule has 0 radical (unpaired) electrons. The van der Waals surface area contributed by atoms with Crippen molar-refractivity contribution in [1.82, 2.24) is 10.2 Å². The Balaban J connectivity index is 1.28. The first-order valence-corrected chi connectivity index (χ1v) is 14.1. The highest BCUT2D eigenvalue weighted by atomic mass is 16.5. The monoisotopic (exact) mass is 529 g/mol. The Kier molecular flexibility index (Phi) is 6.89. The summed E-state index contributed by atoms with van der Waals surface area (Å²) in [5.41, 5.74) is 0.366. The first kappa shape index (κ1) is 25.6. The molecule has 8 nitrogen and oxygen atoms in total. The number of anilines is 1. The molecule has 204 valence electrons. The lowest BCUT2D eigenvalue weighted by molar-refractivity contribution is -0.142. The second-order valence-electron chi connectivity index (χ2n) is 10.9. The van der Waals surface area contributed by atoms with Gasteiger partial charge in [-0.15, -0.1) is 0 Å². The van der Waals surface area contributed by atoms with Crippen molar-refractivity contribution in [1.29, 1.82) is 0 Å². The second-order valence-corrected chi connectivity index (χ2v) is 10.9. The van der Waals surface area contributed by atoms with Crippen LogP contribution in [0.25, 0.3) is 0 Å². The van der Waals surface area contributed by atoms with Crippen molar-refractivity contribution in [2.75, 3.05) is 11.9 Å². The van der Waals surface area contributed by atoms with Crippen LogP contribution in [0, 0.1) is 11.8 Å². The minimum Gasteiger partial charge on any atom is -0.494 e. The van der Waals surface area contributed by atoms with Crippen molar-refractivity contribution < 1.29 is 23.9 Å². The van der Waals surface area contributed by atoms with Crippen LogP contribution in [0.2, 0.25) is 0 Å². The maximum absolute atomic E-state index is 14.1. The third-order valence-electron chi connectivity index (χ3n) is 8.51. The zero-order chi connectivity index (χ0) is 27.0. The van der Waals surface area contributed by atoms with E-state index in [2.05, 4.69) is 10.6 Å². The molecule has 3 amide bonds. The highest BCUT2D eigenvalue weighted by Gasteiger charge is 2.72. The summed E-state index contributed by atoms with van der Waals surface area (Å²) in [6, 6.07) is 16.0. The largest absolute Gasteiger partial charge is 0.494 e. The standard InChI is InChI=1S/C31H35N3O5/c1-2-38-23-15-13-22(14-16-23)32-28(35)25-24-17-18-31(39-24)26(25)30(37)34(19-20-9-5-3-6-10-20)27(31)29(36)33-21-11-7-4-8-12-21/h3,5-6,9-10,13-18,21,24-27H,2,4,7-8,11-12,19H2,1H3,(H,32,35)(H,33,36)/t24-,25+,26-,27+,31-/m0/s1. The predicted molar refractivity (Wildman–Crippen MR) is 146 cm³/mol. The van der Waals surface area contributed by atoms with Gasteiger partial charge >= 0.3 is 0 Å². The molecule has 2 aromatic rings. The van der Waals surface area contributed by atoms with E-state index in [-0.39, 0.29) is 30.3 Å². The molecule has 1 saturated carbocycles. The van der Waals surface area contributed by atoms with E-state index in [1.165, 1.54) is 6.42 Å². The summed E-state index contributed by atoms with van der Waals surface area (Å²) in [4.78, 5) is 43.3. The summed E-state index contributed by atoms with van der Waals surface area (Å²) in [6.07, 6.45) is 8.37. The zero-order valence-corrected chi connectivity index (χ0v) is 22.2. The van der Waals surface area contributed by atoms with Gasteiger partial charge in [0, 0.05) is 18.3 Å². The summed E-state index contributed by atoms with van der Waals surface area (Å²) in [5, 5.41) is 6.19. The first-order valence-electron chi connectivity index (χ1n) is 14.1. The lowest BCUT2D eigenvalue weighted by atomic mass is 9.74. The van der Waals surface area contributed by atoms with E-state index in [0.717, 1.165) is 37.0 Å². The number of carbonyl (C=O) groups excluding carboxylic acids is 3. The van der Waals surface area contributed by atoms with Crippen LogP contribution in [0.3, 0.4) is 0 Å². The van der Waals surface area contributed by atoms with Gasteiger partial charge in [-0.1, -0.05) is 61.7 Å². The molecule has 39 heavy (non-hydrogen) atoms. The molecule has 2 saturated heterocycles. The Labute approximate surface area is 228 Å². The number of carbonyl (C=O) groups is 3. The smallest absolute Gasteiger partial charge is 0.246 e. The van der Waals surface area contributed by atoms with Crippen molar-refractivity contribution in [2.24, 2.45) is 11.8 Å². The van der Waals surface area contributed by atoms with Crippen molar-refractivity contribution in [3.05, 3.63) is 72.3 Å². The number of benzene rings is 2. The number of rotatable bonds is 8. The van der Waals surface area contributed by atoms with Gasteiger partial charge in [-0.3, -0.25) is 14.4 Å². The maximum Gasteiger partial charge on any atom is 0.246 e. The average molecular weight is 530 g/mol. The fourth-order valence-corrected chi connectivity index (χ4v) is 6.77. The van der Waals surface area contributed by atoms with Crippen LogP contribution >= 0.6 is 0 Å². The molecular weight excluding hydrogens is 494 g/mol. The minimum atomic E-state index is -1.17. The highest BCUT2D eigenvalue weighted by Crippen LogP contribution is 2.55. The maximum atomic E-state index is 14.1. The molecule has 2 N–H and O–H groups in total. The summed E-state index contributed by atoms with van der Waals surface area (Å²) < 4.78 is 11.9. The van der Waals surface area contributed by atoms with Crippen LogP contribution in [-0.2, 0) is 25.7 Å². The molecule has 3 aliphatic heterocycles. The Morgan fingerprint density at radius 1 is 1.03 bits per heavy atom. The van der Waals surface area contributed by atoms with Crippen molar-refractivity contribution in [2.45, 2.75) is 69.4 Å². The minimum absolute atomic E-state index is 0.0942. The molecule has 8 heteroatoms. The lowest BCUT2D eigenvalue weighted by Crippen LogP contribution is -2.56. The summed E-state index contributed by atoms with van der Waals surface area (Å²) >= 11 is 0. The lowest BCUT2D eigenvalue weighted by Gasteiger charge is -2.34. The third kappa shape index (κ3) is 4.61.